The van der Waals surface area contributed by atoms with Crippen LogP contribution in [0.5, 0.6) is 5.75 Å². The van der Waals surface area contributed by atoms with Gasteiger partial charge in [0.05, 0.1) is 5.69 Å². The van der Waals surface area contributed by atoms with Crippen LogP contribution in [-0.2, 0) is 16.1 Å². The monoisotopic (exact) mass is 310 g/mol. The normalized spacial score (nSPS) is 16.5. The maximum Gasteiger partial charge on any atom is 0.268 e. The summed E-state index contributed by atoms with van der Waals surface area (Å²) in [6.07, 6.45) is -0.591. The molecule has 0 spiro atoms. The first-order valence-electron chi connectivity index (χ1n) is 7.53. The molecule has 2 aromatic rings. The first-order chi connectivity index (χ1) is 11.1. The van der Waals surface area contributed by atoms with E-state index in [2.05, 4.69) is 5.32 Å². The van der Waals surface area contributed by atoms with E-state index < -0.39 is 6.10 Å². The summed E-state index contributed by atoms with van der Waals surface area (Å²) in [5.41, 5.74) is 1.65. The third kappa shape index (κ3) is 3.34. The molecule has 0 radical (unpaired) electrons. The van der Waals surface area contributed by atoms with E-state index in [0.29, 0.717) is 18.0 Å². The molecule has 0 saturated heterocycles. The average Bonchev–Trinajstić information content (AvgIpc) is 2.58. The summed E-state index contributed by atoms with van der Waals surface area (Å²) in [7, 11) is 0. The van der Waals surface area contributed by atoms with Crippen LogP contribution < -0.4 is 15.0 Å². The fourth-order valence-electron chi connectivity index (χ4n) is 2.52. The van der Waals surface area contributed by atoms with Crippen LogP contribution in [0.3, 0.4) is 0 Å². The number of anilines is 1. The van der Waals surface area contributed by atoms with Gasteiger partial charge in [-0.1, -0.05) is 42.5 Å². The van der Waals surface area contributed by atoms with Crippen LogP contribution >= 0.6 is 0 Å². The van der Waals surface area contributed by atoms with Crippen molar-refractivity contribution in [3.8, 4) is 5.75 Å². The molecule has 0 unspecified atom stereocenters. The number of carbonyl (C=O) groups is 2. The van der Waals surface area contributed by atoms with E-state index in [-0.39, 0.29) is 18.4 Å². The SMILES string of the molecule is C[C@H]1Oc2ccccc2N(CC(=O)NCc2ccccc2)C1=O. The van der Waals surface area contributed by atoms with Gasteiger partial charge >= 0.3 is 0 Å². The van der Waals surface area contributed by atoms with Crippen molar-refractivity contribution in [1.29, 1.82) is 0 Å². The van der Waals surface area contributed by atoms with Gasteiger partial charge in [-0.3, -0.25) is 14.5 Å². The molecule has 2 amide bonds. The third-order valence-corrected chi connectivity index (χ3v) is 3.71. The number of fused-ring (bicyclic) bond motifs is 1. The van der Waals surface area contributed by atoms with Crippen molar-refractivity contribution in [2.75, 3.05) is 11.4 Å². The van der Waals surface area contributed by atoms with Gasteiger partial charge in [-0.05, 0) is 24.6 Å². The Balaban J connectivity index is 1.69. The quantitative estimate of drug-likeness (QED) is 0.941. The lowest BCUT2D eigenvalue weighted by atomic mass is 10.2. The summed E-state index contributed by atoms with van der Waals surface area (Å²) in [6, 6.07) is 16.9. The summed E-state index contributed by atoms with van der Waals surface area (Å²) in [5, 5.41) is 2.84. The molecular weight excluding hydrogens is 292 g/mol. The lowest BCUT2D eigenvalue weighted by molar-refractivity contribution is -0.128. The number of para-hydroxylation sites is 2. The Kier molecular flexibility index (Phi) is 4.28. The summed E-state index contributed by atoms with van der Waals surface area (Å²) in [5.74, 6) is 0.208. The van der Waals surface area contributed by atoms with Crippen molar-refractivity contribution >= 4 is 17.5 Å². The van der Waals surface area contributed by atoms with E-state index in [1.165, 1.54) is 4.90 Å². The predicted octanol–water partition coefficient (Wildman–Crippen LogP) is 2.12. The lowest BCUT2D eigenvalue weighted by Gasteiger charge is -2.32. The molecular formula is C18H18N2O3. The Labute approximate surface area is 134 Å². The zero-order valence-corrected chi connectivity index (χ0v) is 12.9. The lowest BCUT2D eigenvalue weighted by Crippen LogP contribution is -2.48. The van der Waals surface area contributed by atoms with Crippen LogP contribution in [0, 0.1) is 0 Å². The van der Waals surface area contributed by atoms with Gasteiger partial charge in [0, 0.05) is 6.54 Å². The van der Waals surface area contributed by atoms with Crippen LogP contribution in [-0.4, -0.2) is 24.5 Å². The van der Waals surface area contributed by atoms with Crippen molar-refractivity contribution in [3.63, 3.8) is 0 Å². The minimum absolute atomic E-state index is 0.0175. The summed E-state index contributed by atoms with van der Waals surface area (Å²) >= 11 is 0. The van der Waals surface area contributed by atoms with Gasteiger partial charge in [0.2, 0.25) is 5.91 Å². The molecule has 0 fully saturated rings. The molecule has 1 N–H and O–H groups in total. The first kappa shape index (κ1) is 15.1. The minimum atomic E-state index is -0.591. The molecule has 118 valence electrons. The van der Waals surface area contributed by atoms with Crippen LogP contribution in [0.2, 0.25) is 0 Å². The molecule has 5 heteroatoms. The van der Waals surface area contributed by atoms with Gasteiger partial charge in [0.25, 0.3) is 5.91 Å². The molecule has 2 aromatic carbocycles. The topological polar surface area (TPSA) is 58.6 Å². The minimum Gasteiger partial charge on any atom is -0.479 e. The van der Waals surface area contributed by atoms with Gasteiger partial charge in [-0.15, -0.1) is 0 Å². The van der Waals surface area contributed by atoms with Crippen molar-refractivity contribution in [1.82, 2.24) is 5.32 Å². The first-order valence-corrected chi connectivity index (χ1v) is 7.53. The maximum atomic E-state index is 12.3. The molecule has 1 heterocycles. The summed E-state index contributed by atoms with van der Waals surface area (Å²) in [6.45, 7) is 2.11. The maximum absolute atomic E-state index is 12.3. The van der Waals surface area contributed by atoms with Gasteiger partial charge in [-0.25, -0.2) is 0 Å². The Morgan fingerprint density at radius 3 is 2.61 bits per heavy atom. The number of benzene rings is 2. The molecule has 1 aliphatic rings. The zero-order chi connectivity index (χ0) is 16.2. The molecule has 0 aliphatic carbocycles. The number of amides is 2. The van der Waals surface area contributed by atoms with E-state index in [9.17, 15) is 9.59 Å². The van der Waals surface area contributed by atoms with Crippen molar-refractivity contribution < 1.29 is 14.3 Å². The number of nitrogens with one attached hydrogen (secondary N) is 1. The Hall–Kier alpha value is -2.82. The average molecular weight is 310 g/mol. The van der Waals surface area contributed by atoms with Crippen LogP contribution in [0.25, 0.3) is 0 Å². The Morgan fingerprint density at radius 2 is 1.83 bits per heavy atom. The van der Waals surface area contributed by atoms with Crippen LogP contribution in [0.15, 0.2) is 54.6 Å². The van der Waals surface area contributed by atoms with Gasteiger partial charge in [-0.2, -0.15) is 0 Å². The highest BCUT2D eigenvalue weighted by Gasteiger charge is 2.32. The summed E-state index contributed by atoms with van der Waals surface area (Å²) < 4.78 is 5.56. The van der Waals surface area contributed by atoms with E-state index in [0.717, 1.165) is 5.56 Å². The van der Waals surface area contributed by atoms with Crippen LogP contribution in [0.1, 0.15) is 12.5 Å². The number of hydrogen-bond acceptors (Lipinski definition) is 3. The fourth-order valence-corrected chi connectivity index (χ4v) is 2.52. The second-order valence-electron chi connectivity index (χ2n) is 5.41. The van der Waals surface area contributed by atoms with Crippen LogP contribution in [0.4, 0.5) is 5.69 Å². The number of ether oxygens (including phenoxy) is 1. The van der Waals surface area contributed by atoms with E-state index >= 15 is 0 Å². The predicted molar refractivity (Wildman–Crippen MR) is 87.2 cm³/mol. The molecule has 1 aliphatic heterocycles. The number of rotatable bonds is 4. The molecule has 5 nitrogen and oxygen atoms in total. The molecule has 0 saturated carbocycles. The molecule has 1 atom stereocenters. The van der Waals surface area contributed by atoms with Crippen molar-refractivity contribution in [2.24, 2.45) is 0 Å². The molecule has 3 rings (SSSR count). The van der Waals surface area contributed by atoms with Gasteiger partial charge in [0.15, 0.2) is 6.10 Å². The highest BCUT2D eigenvalue weighted by atomic mass is 16.5. The number of nitrogens with zero attached hydrogens (tertiary/aromatic N) is 1. The zero-order valence-electron chi connectivity index (χ0n) is 12.9. The molecule has 23 heavy (non-hydrogen) atoms. The van der Waals surface area contributed by atoms with Gasteiger partial charge in [0.1, 0.15) is 12.3 Å². The van der Waals surface area contributed by atoms with E-state index in [1.54, 1.807) is 19.1 Å². The molecule has 0 bridgehead atoms. The smallest absolute Gasteiger partial charge is 0.268 e. The molecule has 0 aromatic heterocycles. The largest absolute Gasteiger partial charge is 0.479 e. The van der Waals surface area contributed by atoms with E-state index in [1.807, 2.05) is 42.5 Å². The Morgan fingerprint density at radius 1 is 1.13 bits per heavy atom. The highest BCUT2D eigenvalue weighted by molar-refractivity contribution is 6.03. The van der Waals surface area contributed by atoms with Crippen molar-refractivity contribution in [3.05, 3.63) is 60.2 Å². The third-order valence-electron chi connectivity index (χ3n) is 3.71. The standard InChI is InChI=1S/C18H18N2O3/c1-13-18(22)20(15-9-5-6-10-16(15)23-13)12-17(21)19-11-14-7-3-2-4-8-14/h2-10,13H,11-12H2,1H3,(H,19,21)/t13-/m1/s1. The van der Waals surface area contributed by atoms with Crippen molar-refractivity contribution in [2.45, 2.75) is 19.6 Å². The second-order valence-corrected chi connectivity index (χ2v) is 5.41. The second kappa shape index (κ2) is 6.52. The van der Waals surface area contributed by atoms with E-state index in [4.69, 9.17) is 4.74 Å². The highest BCUT2D eigenvalue weighted by Crippen LogP contribution is 2.33. The number of hydrogen-bond donors (Lipinski definition) is 1. The van der Waals surface area contributed by atoms with Gasteiger partial charge < -0.3 is 10.1 Å². The Bertz CT molecular complexity index is 715. The number of carbonyl (C=O) groups excluding carboxylic acids is 2. The summed E-state index contributed by atoms with van der Waals surface area (Å²) in [4.78, 5) is 26.0. The fraction of sp³-hybridized carbons (Fsp3) is 0.222.